The van der Waals surface area contributed by atoms with Gasteiger partial charge in [-0.05, 0) is 83.8 Å². The Morgan fingerprint density at radius 3 is 2.30 bits per heavy atom. The summed E-state index contributed by atoms with van der Waals surface area (Å²) < 4.78 is 24.6. The highest BCUT2D eigenvalue weighted by Gasteiger charge is 2.70. The SMILES string of the molecule is C/C=C(/C)C(=O)O[C@@H]1C2=C(CO)CCC[C@@H]2[C@@]2(C)CC[C@]3(COC(=O)C3)O[C@@]2(C)[C@H]1OC(=O)/C(C)=C/C. The van der Waals surface area contributed by atoms with E-state index in [9.17, 15) is 19.5 Å². The lowest BCUT2D eigenvalue weighted by Gasteiger charge is -2.65. The number of aliphatic hydroxyl groups is 1. The summed E-state index contributed by atoms with van der Waals surface area (Å²) in [5, 5.41) is 10.4. The van der Waals surface area contributed by atoms with Gasteiger partial charge in [-0.15, -0.1) is 0 Å². The second-order valence-corrected chi connectivity index (χ2v) is 11.4. The quantitative estimate of drug-likeness (QED) is 0.252. The Labute approximate surface area is 219 Å². The molecule has 2 heterocycles. The van der Waals surface area contributed by atoms with E-state index in [1.54, 1.807) is 39.8 Å². The van der Waals surface area contributed by atoms with Crippen molar-refractivity contribution in [2.24, 2.45) is 11.3 Å². The number of hydrogen-bond acceptors (Lipinski definition) is 8. The van der Waals surface area contributed by atoms with E-state index in [4.69, 9.17) is 18.9 Å². The summed E-state index contributed by atoms with van der Waals surface area (Å²) in [6.45, 7) is 10.9. The van der Waals surface area contributed by atoms with Crippen molar-refractivity contribution in [3.05, 3.63) is 34.4 Å². The maximum atomic E-state index is 13.2. The smallest absolute Gasteiger partial charge is 0.334 e. The normalized spacial score (nSPS) is 38.1. The maximum Gasteiger partial charge on any atom is 0.334 e. The van der Waals surface area contributed by atoms with Crippen LogP contribution in [0, 0.1) is 11.3 Å². The first-order valence-corrected chi connectivity index (χ1v) is 13.3. The van der Waals surface area contributed by atoms with E-state index in [0.29, 0.717) is 30.4 Å². The van der Waals surface area contributed by atoms with E-state index in [-0.39, 0.29) is 31.5 Å². The molecule has 3 fully saturated rings. The van der Waals surface area contributed by atoms with Crippen molar-refractivity contribution in [2.75, 3.05) is 13.2 Å². The molecule has 0 amide bonds. The van der Waals surface area contributed by atoms with Crippen molar-refractivity contribution in [1.82, 2.24) is 0 Å². The van der Waals surface area contributed by atoms with Crippen molar-refractivity contribution in [3.8, 4) is 0 Å². The fraction of sp³-hybridized carbons (Fsp3) is 0.690. The van der Waals surface area contributed by atoms with Crippen molar-refractivity contribution in [2.45, 2.75) is 103 Å². The number of carbonyl (C=O) groups is 3. The molecule has 1 N–H and O–H groups in total. The summed E-state index contributed by atoms with van der Waals surface area (Å²) in [5.41, 5.74) is 0.112. The highest BCUT2D eigenvalue weighted by Crippen LogP contribution is 2.64. The number of carbonyl (C=O) groups excluding carboxylic acids is 3. The molecule has 2 aliphatic heterocycles. The van der Waals surface area contributed by atoms with Gasteiger partial charge in [0.15, 0.2) is 12.2 Å². The Morgan fingerprint density at radius 1 is 1.08 bits per heavy atom. The largest absolute Gasteiger partial charge is 0.463 e. The molecule has 0 aromatic heterocycles. The first-order valence-electron chi connectivity index (χ1n) is 13.3. The van der Waals surface area contributed by atoms with Gasteiger partial charge in [-0.25, -0.2) is 9.59 Å². The van der Waals surface area contributed by atoms with Gasteiger partial charge in [-0.1, -0.05) is 19.1 Å². The Kier molecular flexibility index (Phi) is 7.47. The number of fused-ring (bicyclic) bond motifs is 3. The third kappa shape index (κ3) is 4.46. The zero-order chi connectivity index (χ0) is 27.2. The van der Waals surface area contributed by atoms with Crippen molar-refractivity contribution in [3.63, 3.8) is 0 Å². The van der Waals surface area contributed by atoms with Gasteiger partial charge in [0.1, 0.15) is 17.8 Å². The molecule has 4 rings (SSSR count). The van der Waals surface area contributed by atoms with Crippen LogP contribution in [0.1, 0.15) is 80.1 Å². The van der Waals surface area contributed by atoms with Crippen LogP contribution in [-0.4, -0.2) is 59.6 Å². The highest BCUT2D eigenvalue weighted by molar-refractivity contribution is 5.89. The summed E-state index contributed by atoms with van der Waals surface area (Å²) in [5.74, 6) is -1.40. The van der Waals surface area contributed by atoms with Crippen molar-refractivity contribution < 1.29 is 38.4 Å². The van der Waals surface area contributed by atoms with Crippen molar-refractivity contribution in [1.29, 1.82) is 0 Å². The summed E-state index contributed by atoms with van der Waals surface area (Å²) in [7, 11) is 0. The van der Waals surface area contributed by atoms with Crippen LogP contribution >= 0.6 is 0 Å². The number of hydrogen-bond donors (Lipinski definition) is 1. The zero-order valence-electron chi connectivity index (χ0n) is 22.8. The molecule has 6 atom stereocenters. The number of cyclic esters (lactones) is 1. The van der Waals surface area contributed by atoms with Crippen LogP contribution in [0.3, 0.4) is 0 Å². The molecule has 0 bridgehead atoms. The topological polar surface area (TPSA) is 108 Å². The fourth-order valence-electron chi connectivity index (χ4n) is 6.76. The maximum absolute atomic E-state index is 13.2. The van der Waals surface area contributed by atoms with Gasteiger partial charge in [0.25, 0.3) is 0 Å². The van der Waals surface area contributed by atoms with Gasteiger partial charge in [0, 0.05) is 16.6 Å². The number of esters is 3. The van der Waals surface area contributed by atoms with Crippen molar-refractivity contribution >= 4 is 17.9 Å². The van der Waals surface area contributed by atoms with E-state index in [1.165, 1.54) is 0 Å². The molecule has 8 nitrogen and oxygen atoms in total. The molecule has 1 saturated carbocycles. The number of allylic oxidation sites excluding steroid dienone is 2. The van der Waals surface area contributed by atoms with Gasteiger partial charge in [0.2, 0.25) is 0 Å². The van der Waals surface area contributed by atoms with E-state index in [1.807, 2.05) is 6.92 Å². The molecule has 1 spiro atoms. The number of ether oxygens (including phenoxy) is 4. The summed E-state index contributed by atoms with van der Waals surface area (Å²) >= 11 is 0. The second-order valence-electron chi connectivity index (χ2n) is 11.4. The van der Waals surface area contributed by atoms with Crippen LogP contribution in [0.25, 0.3) is 0 Å². The fourth-order valence-corrected chi connectivity index (χ4v) is 6.76. The minimum absolute atomic E-state index is 0.0507. The lowest BCUT2D eigenvalue weighted by Crippen LogP contribution is -2.72. The van der Waals surface area contributed by atoms with Crippen LogP contribution in [0.4, 0.5) is 0 Å². The van der Waals surface area contributed by atoms with Crippen LogP contribution < -0.4 is 0 Å². The van der Waals surface area contributed by atoms with Crippen LogP contribution in [0.15, 0.2) is 34.4 Å². The summed E-state index contributed by atoms with van der Waals surface area (Å²) in [6, 6.07) is 0. The summed E-state index contributed by atoms with van der Waals surface area (Å²) in [4.78, 5) is 38.5. The molecular formula is C29H40O8. The number of rotatable bonds is 5. The average Bonchev–Trinajstić information content (AvgIpc) is 3.25. The molecule has 0 aromatic carbocycles. The molecule has 204 valence electrons. The van der Waals surface area contributed by atoms with Gasteiger partial charge in [0.05, 0.1) is 13.0 Å². The molecule has 4 aliphatic rings. The lowest BCUT2D eigenvalue weighted by molar-refractivity contribution is -0.309. The Bertz CT molecular complexity index is 1070. The minimum atomic E-state index is -1.09. The van der Waals surface area contributed by atoms with Gasteiger partial charge >= 0.3 is 17.9 Å². The number of aliphatic hydroxyl groups excluding tert-OH is 1. The highest BCUT2D eigenvalue weighted by atomic mass is 16.6. The molecule has 0 unspecified atom stereocenters. The second kappa shape index (κ2) is 10.0. The van der Waals surface area contributed by atoms with E-state index < -0.39 is 40.8 Å². The lowest BCUT2D eigenvalue weighted by atomic mass is 9.49. The van der Waals surface area contributed by atoms with E-state index >= 15 is 0 Å². The van der Waals surface area contributed by atoms with E-state index in [0.717, 1.165) is 24.0 Å². The molecule has 0 aromatic rings. The Morgan fingerprint density at radius 2 is 1.73 bits per heavy atom. The molecule has 2 aliphatic carbocycles. The first kappa shape index (κ1) is 27.6. The molecule has 0 radical (unpaired) electrons. The summed E-state index contributed by atoms with van der Waals surface area (Å²) in [6.07, 6.45) is 5.29. The third-order valence-corrected chi connectivity index (χ3v) is 9.44. The Hall–Kier alpha value is -2.45. The molecule has 37 heavy (non-hydrogen) atoms. The first-order chi connectivity index (χ1) is 17.4. The minimum Gasteiger partial charge on any atom is -0.463 e. The van der Waals surface area contributed by atoms with Gasteiger partial charge < -0.3 is 24.1 Å². The zero-order valence-corrected chi connectivity index (χ0v) is 22.8. The van der Waals surface area contributed by atoms with Gasteiger partial charge in [-0.2, -0.15) is 0 Å². The van der Waals surface area contributed by atoms with Gasteiger partial charge in [-0.3, -0.25) is 4.79 Å². The Balaban J connectivity index is 1.91. The van der Waals surface area contributed by atoms with Crippen LogP contribution in [-0.2, 0) is 33.3 Å². The van der Waals surface area contributed by atoms with Crippen LogP contribution in [0.5, 0.6) is 0 Å². The standard InChI is InChI=1S/C29H40O8/c1-7-17(3)25(32)35-23-22-19(15-30)10-9-11-20(22)27(5)12-13-29(14-21(31)34-16-29)37-28(27,6)24(23)36-26(33)18(4)8-2/h7-8,20,23-24,30H,9-16H2,1-6H3/b17-7-,18-8+/t20-,23+,24-,27+,28-,29-/m0/s1. The molecule has 2 saturated heterocycles. The van der Waals surface area contributed by atoms with E-state index in [2.05, 4.69) is 6.92 Å². The monoisotopic (exact) mass is 516 g/mol. The van der Waals surface area contributed by atoms with Crippen LogP contribution in [0.2, 0.25) is 0 Å². The molecular weight excluding hydrogens is 476 g/mol. The molecule has 8 heteroatoms. The predicted molar refractivity (Wildman–Crippen MR) is 135 cm³/mol. The predicted octanol–water partition coefficient (Wildman–Crippen LogP) is 4.11. The third-order valence-electron chi connectivity index (χ3n) is 9.44. The average molecular weight is 517 g/mol.